The number of nitrogens with zero attached hydrogens (tertiary/aromatic N) is 1. The molecule has 0 saturated carbocycles. The van der Waals surface area contributed by atoms with Crippen LogP contribution in [0.3, 0.4) is 0 Å². The topological polar surface area (TPSA) is 153 Å². The quantitative estimate of drug-likeness (QED) is 0.345. The zero-order valence-electron chi connectivity index (χ0n) is 15.1. The van der Waals surface area contributed by atoms with E-state index < -0.39 is 41.1 Å². The highest BCUT2D eigenvalue weighted by Crippen LogP contribution is 2.08. The zero-order valence-corrected chi connectivity index (χ0v) is 15.1. The fourth-order valence-corrected chi connectivity index (χ4v) is 2.24. The third-order valence-corrected chi connectivity index (χ3v) is 3.62. The summed E-state index contributed by atoms with van der Waals surface area (Å²) in [5.41, 5.74) is 3.80. The number of nitrogens with one attached hydrogen (secondary N) is 2. The minimum absolute atomic E-state index is 0.186. The highest BCUT2D eigenvalue weighted by Gasteiger charge is 2.21. The highest BCUT2D eigenvalue weighted by atomic mass is 16.5. The van der Waals surface area contributed by atoms with Crippen LogP contribution in [-0.4, -0.2) is 33.8 Å². The van der Waals surface area contributed by atoms with E-state index >= 15 is 0 Å². The van der Waals surface area contributed by atoms with Crippen LogP contribution in [0.25, 0.3) is 6.08 Å². The number of anilines is 1. The zero-order chi connectivity index (χ0) is 20.8. The van der Waals surface area contributed by atoms with Crippen molar-refractivity contribution in [3.8, 4) is 0 Å². The molecule has 0 atom stereocenters. The molecule has 10 heteroatoms. The van der Waals surface area contributed by atoms with Crippen LogP contribution < -0.4 is 22.3 Å². The third-order valence-electron chi connectivity index (χ3n) is 3.62. The molecule has 1 aromatic carbocycles. The Labute approximate surface area is 158 Å². The number of nitrogens with two attached hydrogens (primary N) is 1. The Hall–Kier alpha value is -3.95. The van der Waals surface area contributed by atoms with Crippen LogP contribution in [0.5, 0.6) is 0 Å². The van der Waals surface area contributed by atoms with Crippen LogP contribution in [0, 0.1) is 0 Å². The summed E-state index contributed by atoms with van der Waals surface area (Å²) in [6.45, 7) is 0.401. The normalized spacial score (nSPS) is 11.0. The Morgan fingerprint density at radius 1 is 1.21 bits per heavy atom. The molecule has 0 saturated heterocycles. The predicted molar refractivity (Wildman–Crippen MR) is 100 cm³/mol. The largest absolute Gasteiger partial charge is 0.453 e. The summed E-state index contributed by atoms with van der Waals surface area (Å²) in [4.78, 5) is 61.1. The average molecular weight is 386 g/mol. The monoisotopic (exact) mass is 386 g/mol. The molecule has 0 unspecified atom stereocenters. The van der Waals surface area contributed by atoms with Crippen molar-refractivity contribution in [1.82, 2.24) is 14.9 Å². The summed E-state index contributed by atoms with van der Waals surface area (Å²) < 4.78 is 5.79. The van der Waals surface area contributed by atoms with Crippen LogP contribution in [-0.2, 0) is 21.4 Å². The van der Waals surface area contributed by atoms with Crippen molar-refractivity contribution in [3.05, 3.63) is 68.0 Å². The summed E-state index contributed by atoms with van der Waals surface area (Å²) in [5, 5.41) is 2.33. The first kappa shape index (κ1) is 20.4. The van der Waals surface area contributed by atoms with E-state index in [-0.39, 0.29) is 11.5 Å². The van der Waals surface area contributed by atoms with Gasteiger partial charge in [0.2, 0.25) is 11.7 Å². The molecule has 0 spiro atoms. The van der Waals surface area contributed by atoms with Gasteiger partial charge >= 0.3 is 11.7 Å². The van der Waals surface area contributed by atoms with Crippen molar-refractivity contribution in [1.29, 1.82) is 0 Å². The molecular weight excluding hydrogens is 368 g/mol. The minimum Gasteiger partial charge on any atom is -0.453 e. The lowest BCUT2D eigenvalue weighted by Crippen LogP contribution is -2.36. The third kappa shape index (κ3) is 4.81. The molecule has 0 bridgehead atoms. The number of hydrogen-bond acceptors (Lipinski definition) is 7. The van der Waals surface area contributed by atoms with Crippen molar-refractivity contribution >= 4 is 29.6 Å². The summed E-state index contributed by atoms with van der Waals surface area (Å²) in [7, 11) is 1.27. The van der Waals surface area contributed by atoms with E-state index in [1.165, 1.54) is 20.0 Å². The van der Waals surface area contributed by atoms with Gasteiger partial charge in [0.15, 0.2) is 6.61 Å². The molecule has 1 amide bonds. The van der Waals surface area contributed by atoms with Gasteiger partial charge in [0.25, 0.3) is 5.56 Å². The lowest BCUT2D eigenvalue weighted by atomic mass is 10.2. The fourth-order valence-electron chi connectivity index (χ4n) is 2.24. The molecule has 0 radical (unpaired) electrons. The van der Waals surface area contributed by atoms with Gasteiger partial charge in [-0.2, -0.15) is 0 Å². The Morgan fingerprint density at radius 3 is 2.46 bits per heavy atom. The number of ketones is 1. The number of nitrogen functional groups attached to an aromatic ring is 1. The number of aromatic amines is 1. The molecule has 0 aliphatic heterocycles. The molecule has 4 N–H and O–H groups in total. The van der Waals surface area contributed by atoms with Gasteiger partial charge in [-0.15, -0.1) is 0 Å². The Bertz CT molecular complexity index is 1070. The van der Waals surface area contributed by atoms with Crippen LogP contribution in [0.4, 0.5) is 5.82 Å². The highest BCUT2D eigenvalue weighted by molar-refractivity contribution is 6.03. The molecule has 0 aliphatic rings. The Kier molecular flexibility index (Phi) is 6.27. The number of amides is 1. The van der Waals surface area contributed by atoms with Crippen molar-refractivity contribution in [2.75, 3.05) is 12.3 Å². The molecule has 1 aromatic heterocycles. The van der Waals surface area contributed by atoms with Gasteiger partial charge in [0.1, 0.15) is 17.1 Å². The summed E-state index contributed by atoms with van der Waals surface area (Å²) in [6.07, 6.45) is 1.38. The summed E-state index contributed by atoms with van der Waals surface area (Å²) >= 11 is 0. The molecule has 146 valence electrons. The number of esters is 1. The summed E-state index contributed by atoms with van der Waals surface area (Å²) in [6, 6.07) is 8.65. The number of hydrogen-bond donors (Lipinski definition) is 3. The van der Waals surface area contributed by atoms with E-state index in [9.17, 15) is 24.0 Å². The lowest BCUT2D eigenvalue weighted by Gasteiger charge is -2.10. The van der Waals surface area contributed by atoms with Crippen LogP contribution in [0.1, 0.15) is 22.8 Å². The van der Waals surface area contributed by atoms with Crippen molar-refractivity contribution < 1.29 is 19.1 Å². The maximum absolute atomic E-state index is 12.3. The number of rotatable bonds is 6. The second-order valence-electron chi connectivity index (χ2n) is 5.73. The van der Waals surface area contributed by atoms with E-state index in [1.54, 1.807) is 30.3 Å². The van der Waals surface area contributed by atoms with Gasteiger partial charge in [-0.05, 0) is 11.6 Å². The first-order chi connectivity index (χ1) is 13.2. The number of Topliss-reactive ketones (excluding diaryl/α,β-unsaturated/α-hetero) is 1. The van der Waals surface area contributed by atoms with E-state index in [2.05, 4.69) is 5.32 Å². The van der Waals surface area contributed by atoms with Crippen LogP contribution >= 0.6 is 0 Å². The molecule has 0 aliphatic carbocycles. The summed E-state index contributed by atoms with van der Waals surface area (Å²) in [5.74, 6) is -2.74. The first-order valence-corrected chi connectivity index (χ1v) is 8.04. The fraction of sp³-hybridized carbons (Fsp3) is 0.167. The molecule has 2 rings (SSSR count). The molecule has 1 heterocycles. The van der Waals surface area contributed by atoms with E-state index in [4.69, 9.17) is 10.5 Å². The number of ether oxygens (including phenoxy) is 1. The molecule has 0 fully saturated rings. The van der Waals surface area contributed by atoms with Gasteiger partial charge < -0.3 is 15.8 Å². The number of aromatic nitrogens is 2. The predicted octanol–water partition coefficient (Wildman–Crippen LogP) is -0.441. The number of carbonyl (C=O) groups excluding carboxylic acids is 3. The van der Waals surface area contributed by atoms with E-state index in [0.717, 1.165) is 4.57 Å². The number of carbonyl (C=O) groups is 3. The van der Waals surface area contributed by atoms with Gasteiger partial charge in [-0.3, -0.25) is 23.9 Å². The first-order valence-electron chi connectivity index (χ1n) is 8.04. The van der Waals surface area contributed by atoms with Gasteiger partial charge in [0, 0.05) is 14.0 Å². The Balaban J connectivity index is 2.21. The van der Waals surface area contributed by atoms with Crippen molar-refractivity contribution in [2.24, 2.45) is 7.05 Å². The second kappa shape index (κ2) is 8.62. The molecular formula is C18H18N4O6. The number of H-pyrrole nitrogens is 1. The molecule has 28 heavy (non-hydrogen) atoms. The van der Waals surface area contributed by atoms with Crippen LogP contribution in [0.2, 0.25) is 0 Å². The maximum atomic E-state index is 12.3. The van der Waals surface area contributed by atoms with E-state index in [1.807, 2.05) is 4.98 Å². The number of benzene rings is 1. The van der Waals surface area contributed by atoms with E-state index in [0.29, 0.717) is 5.56 Å². The molecule has 10 nitrogen and oxygen atoms in total. The van der Waals surface area contributed by atoms with Crippen LogP contribution in [0.15, 0.2) is 45.6 Å². The molecule has 2 aromatic rings. The standard InChI is InChI=1S/C18H18N4O6/c1-10(23)20-12(8-11-6-4-3-5-7-11)17(26)28-9-13(24)14-15(19)22(2)18(27)21-16(14)25/h3-8H,9,19H2,1-2H3,(H,20,23)(H,21,25,27)/b12-8-. The van der Waals surface area contributed by atoms with Gasteiger partial charge in [-0.25, -0.2) is 9.59 Å². The average Bonchev–Trinajstić information content (AvgIpc) is 2.64. The Morgan fingerprint density at radius 2 is 1.86 bits per heavy atom. The lowest BCUT2D eigenvalue weighted by molar-refractivity contribution is -0.139. The van der Waals surface area contributed by atoms with Crippen molar-refractivity contribution in [2.45, 2.75) is 6.92 Å². The SMILES string of the molecule is CC(=O)N/C(=C\c1ccccc1)C(=O)OCC(=O)c1c(N)n(C)c(=O)[nH]c1=O. The maximum Gasteiger partial charge on any atom is 0.355 e. The smallest absolute Gasteiger partial charge is 0.355 e. The van der Waals surface area contributed by atoms with Crippen molar-refractivity contribution in [3.63, 3.8) is 0 Å². The van der Waals surface area contributed by atoms with Gasteiger partial charge in [-0.1, -0.05) is 30.3 Å². The van der Waals surface area contributed by atoms with Gasteiger partial charge in [0.05, 0.1) is 0 Å². The minimum atomic E-state index is -0.983. The second-order valence-corrected chi connectivity index (χ2v) is 5.73.